The number of aromatic nitrogens is 2. The summed E-state index contributed by atoms with van der Waals surface area (Å²) in [4.78, 5) is 11.9. The fourth-order valence-corrected chi connectivity index (χ4v) is 1.75. The lowest BCUT2D eigenvalue weighted by Crippen LogP contribution is -2.15. The Labute approximate surface area is 118 Å². The van der Waals surface area contributed by atoms with Gasteiger partial charge in [0.15, 0.2) is 0 Å². The van der Waals surface area contributed by atoms with Crippen LogP contribution in [0.3, 0.4) is 0 Å². The van der Waals surface area contributed by atoms with Crippen LogP contribution in [0.25, 0.3) is 0 Å². The number of alkyl halides is 3. The van der Waals surface area contributed by atoms with Gasteiger partial charge < -0.3 is 10.5 Å². The van der Waals surface area contributed by atoms with Crippen LogP contribution in [0, 0.1) is 0 Å². The van der Waals surface area contributed by atoms with Gasteiger partial charge in [0, 0.05) is 6.54 Å². The van der Waals surface area contributed by atoms with Crippen LogP contribution in [-0.2, 0) is 12.7 Å². The molecule has 5 nitrogen and oxygen atoms in total. The maximum absolute atomic E-state index is 12.8. The number of hydrogen-bond acceptors (Lipinski definition) is 4. The van der Waals surface area contributed by atoms with Crippen LogP contribution >= 0.6 is 0 Å². The van der Waals surface area contributed by atoms with Crippen molar-refractivity contribution in [2.75, 3.05) is 5.73 Å². The predicted octanol–water partition coefficient (Wildman–Crippen LogP) is 2.72. The molecule has 8 heteroatoms. The standard InChI is InChI=1S/C13H12F3N3O2/c1-2-19-11(17)8(7-18-19)12(20)21-10-6-4-3-5-9(10)13(14,15)16/h3-7H,2,17H2,1H3. The molecule has 0 radical (unpaired) electrons. The van der Waals surface area contributed by atoms with Crippen molar-refractivity contribution in [1.82, 2.24) is 9.78 Å². The molecule has 0 fully saturated rings. The van der Waals surface area contributed by atoms with Gasteiger partial charge >= 0.3 is 12.1 Å². The van der Waals surface area contributed by atoms with Gasteiger partial charge in [-0.1, -0.05) is 12.1 Å². The largest absolute Gasteiger partial charge is 0.422 e. The van der Waals surface area contributed by atoms with Crippen LogP contribution in [0.2, 0.25) is 0 Å². The first kappa shape index (κ1) is 14.9. The van der Waals surface area contributed by atoms with Crippen molar-refractivity contribution in [1.29, 1.82) is 0 Å². The molecule has 1 heterocycles. The Hall–Kier alpha value is -2.51. The molecule has 0 amide bonds. The maximum Gasteiger partial charge on any atom is 0.419 e. The van der Waals surface area contributed by atoms with Crippen molar-refractivity contribution in [3.63, 3.8) is 0 Å². The van der Waals surface area contributed by atoms with Gasteiger partial charge in [0.1, 0.15) is 17.1 Å². The number of halogens is 3. The fourth-order valence-electron chi connectivity index (χ4n) is 1.75. The molecule has 2 N–H and O–H groups in total. The Morgan fingerprint density at radius 1 is 1.38 bits per heavy atom. The number of ether oxygens (including phenoxy) is 1. The number of carbonyl (C=O) groups is 1. The Morgan fingerprint density at radius 2 is 2.05 bits per heavy atom. The maximum atomic E-state index is 12.8. The van der Waals surface area contributed by atoms with Crippen LogP contribution in [0.4, 0.5) is 19.0 Å². The normalized spacial score (nSPS) is 11.4. The molecule has 1 aromatic heterocycles. The molecule has 0 saturated carbocycles. The van der Waals surface area contributed by atoms with Gasteiger partial charge in [-0.25, -0.2) is 9.48 Å². The van der Waals surface area contributed by atoms with Crippen molar-refractivity contribution in [2.24, 2.45) is 0 Å². The summed E-state index contributed by atoms with van der Waals surface area (Å²) in [6, 6.07) is 4.46. The quantitative estimate of drug-likeness (QED) is 0.699. The summed E-state index contributed by atoms with van der Waals surface area (Å²) in [6.07, 6.45) is -3.45. The molecular weight excluding hydrogens is 287 g/mol. The zero-order valence-electron chi connectivity index (χ0n) is 11.0. The average molecular weight is 299 g/mol. The minimum Gasteiger partial charge on any atom is -0.422 e. The topological polar surface area (TPSA) is 70.1 Å². The van der Waals surface area contributed by atoms with E-state index in [9.17, 15) is 18.0 Å². The van der Waals surface area contributed by atoms with Gasteiger partial charge in [0.05, 0.1) is 11.8 Å². The number of para-hydroxylation sites is 1. The van der Waals surface area contributed by atoms with E-state index in [1.165, 1.54) is 16.8 Å². The molecule has 21 heavy (non-hydrogen) atoms. The van der Waals surface area contributed by atoms with E-state index in [-0.39, 0.29) is 11.4 Å². The number of nitrogen functional groups attached to an aromatic ring is 1. The zero-order valence-corrected chi connectivity index (χ0v) is 11.0. The lowest BCUT2D eigenvalue weighted by molar-refractivity contribution is -0.138. The van der Waals surface area contributed by atoms with Gasteiger partial charge in [0.25, 0.3) is 0 Å². The lowest BCUT2D eigenvalue weighted by atomic mass is 10.2. The first-order valence-corrected chi connectivity index (χ1v) is 6.04. The summed E-state index contributed by atoms with van der Waals surface area (Å²) in [5, 5.41) is 3.84. The van der Waals surface area contributed by atoms with Crippen molar-refractivity contribution in [3.05, 3.63) is 41.6 Å². The van der Waals surface area contributed by atoms with E-state index in [4.69, 9.17) is 10.5 Å². The van der Waals surface area contributed by atoms with Crippen molar-refractivity contribution >= 4 is 11.8 Å². The molecular formula is C13H12F3N3O2. The third kappa shape index (κ3) is 2.99. The number of rotatable bonds is 3. The summed E-state index contributed by atoms with van der Waals surface area (Å²) < 4.78 is 44.6. The van der Waals surface area contributed by atoms with E-state index in [2.05, 4.69) is 5.10 Å². The summed E-state index contributed by atoms with van der Waals surface area (Å²) in [5.74, 6) is -1.51. The van der Waals surface area contributed by atoms with Crippen molar-refractivity contribution in [3.8, 4) is 5.75 Å². The number of carbonyl (C=O) groups excluding carboxylic acids is 1. The Bertz CT molecular complexity index is 665. The van der Waals surface area contributed by atoms with E-state index in [0.717, 1.165) is 18.3 Å². The molecule has 1 aromatic carbocycles. The molecule has 0 unspecified atom stereocenters. The highest BCUT2D eigenvalue weighted by Gasteiger charge is 2.35. The highest BCUT2D eigenvalue weighted by atomic mass is 19.4. The summed E-state index contributed by atoms with van der Waals surface area (Å²) in [6.45, 7) is 2.19. The van der Waals surface area contributed by atoms with Crippen LogP contribution in [0.15, 0.2) is 30.5 Å². The van der Waals surface area contributed by atoms with Crippen molar-refractivity contribution < 1.29 is 22.7 Å². The monoisotopic (exact) mass is 299 g/mol. The number of nitrogens with zero attached hydrogens (tertiary/aromatic N) is 2. The van der Waals surface area contributed by atoms with Crippen LogP contribution in [0.5, 0.6) is 5.75 Å². The van der Waals surface area contributed by atoms with Crippen LogP contribution < -0.4 is 10.5 Å². The second-order valence-electron chi connectivity index (χ2n) is 4.14. The second kappa shape index (κ2) is 5.47. The summed E-state index contributed by atoms with van der Waals surface area (Å²) >= 11 is 0. The van der Waals surface area contributed by atoms with E-state index in [0.29, 0.717) is 6.54 Å². The molecule has 2 rings (SSSR count). The first-order chi connectivity index (χ1) is 9.84. The Morgan fingerprint density at radius 3 is 2.62 bits per heavy atom. The van der Waals surface area contributed by atoms with Crippen LogP contribution in [0.1, 0.15) is 22.8 Å². The minimum atomic E-state index is -4.62. The number of hydrogen-bond donors (Lipinski definition) is 1. The molecule has 0 bridgehead atoms. The molecule has 0 spiro atoms. The van der Waals surface area contributed by atoms with Gasteiger partial charge in [0.2, 0.25) is 0 Å². The molecule has 0 atom stereocenters. The smallest absolute Gasteiger partial charge is 0.419 e. The SMILES string of the molecule is CCn1ncc(C(=O)Oc2ccccc2C(F)(F)F)c1N. The summed E-state index contributed by atoms with van der Waals surface area (Å²) in [7, 11) is 0. The Balaban J connectivity index is 2.30. The second-order valence-corrected chi connectivity index (χ2v) is 4.14. The van der Waals surface area contributed by atoms with Gasteiger partial charge in [-0.05, 0) is 19.1 Å². The molecule has 0 saturated heterocycles. The number of anilines is 1. The highest BCUT2D eigenvalue weighted by molar-refractivity contribution is 5.95. The summed E-state index contributed by atoms with van der Waals surface area (Å²) in [5.41, 5.74) is 4.57. The van der Waals surface area contributed by atoms with Crippen LogP contribution in [-0.4, -0.2) is 15.7 Å². The number of benzene rings is 1. The molecule has 0 aliphatic heterocycles. The first-order valence-electron chi connectivity index (χ1n) is 6.04. The fraction of sp³-hybridized carbons (Fsp3) is 0.231. The highest BCUT2D eigenvalue weighted by Crippen LogP contribution is 2.36. The number of nitrogens with two attached hydrogens (primary N) is 1. The molecule has 0 aliphatic carbocycles. The number of aryl methyl sites for hydroxylation is 1. The Kier molecular flexibility index (Phi) is 3.88. The molecule has 0 aliphatic rings. The average Bonchev–Trinajstić information content (AvgIpc) is 2.79. The van der Waals surface area contributed by atoms with E-state index < -0.39 is 23.5 Å². The van der Waals surface area contributed by atoms with E-state index >= 15 is 0 Å². The third-order valence-electron chi connectivity index (χ3n) is 2.79. The van der Waals surface area contributed by atoms with Gasteiger partial charge in [-0.2, -0.15) is 18.3 Å². The third-order valence-corrected chi connectivity index (χ3v) is 2.79. The van der Waals surface area contributed by atoms with Gasteiger partial charge in [-0.15, -0.1) is 0 Å². The van der Waals surface area contributed by atoms with E-state index in [1.54, 1.807) is 6.92 Å². The van der Waals surface area contributed by atoms with Crippen molar-refractivity contribution in [2.45, 2.75) is 19.6 Å². The lowest BCUT2D eigenvalue weighted by Gasteiger charge is -2.12. The number of esters is 1. The van der Waals surface area contributed by atoms with Gasteiger partial charge in [-0.3, -0.25) is 0 Å². The molecule has 112 valence electrons. The predicted molar refractivity (Wildman–Crippen MR) is 68.7 cm³/mol. The minimum absolute atomic E-state index is 0.0481. The zero-order chi connectivity index (χ0) is 15.6. The van der Waals surface area contributed by atoms with E-state index in [1.807, 2.05) is 0 Å². The molecule has 2 aromatic rings.